The molecule has 0 radical (unpaired) electrons. The van der Waals surface area contributed by atoms with Gasteiger partial charge in [-0.2, -0.15) is 0 Å². The van der Waals surface area contributed by atoms with Crippen LogP contribution in [0.25, 0.3) is 0 Å². The van der Waals surface area contributed by atoms with Gasteiger partial charge in [0.25, 0.3) is 0 Å². The zero-order valence-electron chi connectivity index (χ0n) is 12.8. The van der Waals surface area contributed by atoms with Gasteiger partial charge < -0.3 is 16.0 Å². The first kappa shape index (κ1) is 15.4. The Kier molecular flexibility index (Phi) is 5.60. The Morgan fingerprint density at radius 3 is 3.05 bits per heavy atom. The van der Waals surface area contributed by atoms with Gasteiger partial charge in [0.15, 0.2) is 5.96 Å². The fourth-order valence-electron chi connectivity index (χ4n) is 2.05. The van der Waals surface area contributed by atoms with E-state index in [1.54, 1.807) is 0 Å². The fourth-order valence-corrected chi connectivity index (χ4v) is 2.05. The van der Waals surface area contributed by atoms with Crippen LogP contribution in [0.2, 0.25) is 0 Å². The number of aliphatic imine (C=N–C) groups is 1. The molecule has 0 spiro atoms. The summed E-state index contributed by atoms with van der Waals surface area (Å²) in [5, 5.41) is 9.46. The average Bonchev–Trinajstić information content (AvgIpc) is 2.53. The van der Waals surface area contributed by atoms with Crippen molar-refractivity contribution >= 4 is 17.6 Å². The van der Waals surface area contributed by atoms with Gasteiger partial charge in [-0.25, -0.2) is 0 Å². The monoisotopic (exact) mass is 288 g/mol. The second kappa shape index (κ2) is 7.67. The van der Waals surface area contributed by atoms with E-state index in [-0.39, 0.29) is 11.8 Å². The molecule has 0 fully saturated rings. The van der Waals surface area contributed by atoms with E-state index in [9.17, 15) is 4.79 Å². The minimum Gasteiger partial charge on any atom is -0.356 e. The van der Waals surface area contributed by atoms with Gasteiger partial charge in [0.1, 0.15) is 0 Å². The summed E-state index contributed by atoms with van der Waals surface area (Å²) < 4.78 is 0. The number of carbonyl (C=O) groups excluding carboxylic acids is 1. The predicted octanol–water partition coefficient (Wildman–Crippen LogP) is 2.11. The van der Waals surface area contributed by atoms with Crippen molar-refractivity contribution in [2.45, 2.75) is 33.2 Å². The van der Waals surface area contributed by atoms with Crippen molar-refractivity contribution in [1.82, 2.24) is 10.6 Å². The topological polar surface area (TPSA) is 65.5 Å². The summed E-state index contributed by atoms with van der Waals surface area (Å²) in [7, 11) is 0. The molecule has 5 nitrogen and oxygen atoms in total. The Labute approximate surface area is 126 Å². The second-order valence-corrected chi connectivity index (χ2v) is 5.36. The fraction of sp³-hybridized carbons (Fsp3) is 0.500. The predicted molar refractivity (Wildman–Crippen MR) is 86.3 cm³/mol. The van der Waals surface area contributed by atoms with Crippen LogP contribution in [0.15, 0.2) is 29.3 Å². The van der Waals surface area contributed by atoms with Crippen molar-refractivity contribution in [2.75, 3.05) is 18.4 Å². The number of guanidine groups is 1. The highest BCUT2D eigenvalue weighted by molar-refractivity contribution is 5.92. The molecule has 3 N–H and O–H groups in total. The number of rotatable bonds is 5. The van der Waals surface area contributed by atoms with Gasteiger partial charge in [0.05, 0.1) is 0 Å². The molecule has 0 bridgehead atoms. The molecule has 21 heavy (non-hydrogen) atoms. The van der Waals surface area contributed by atoms with E-state index in [2.05, 4.69) is 20.9 Å². The Morgan fingerprint density at radius 1 is 1.48 bits per heavy atom. The zero-order chi connectivity index (χ0) is 15.1. The maximum absolute atomic E-state index is 11.9. The molecule has 2 rings (SSSR count). The lowest BCUT2D eigenvalue weighted by atomic mass is 10.1. The molecule has 1 aliphatic rings. The summed E-state index contributed by atoms with van der Waals surface area (Å²) in [6, 6.07) is 7.91. The molecule has 0 aromatic heterocycles. The van der Waals surface area contributed by atoms with Crippen LogP contribution in [0.5, 0.6) is 0 Å². The Bertz CT molecular complexity index is 513. The van der Waals surface area contributed by atoms with Crippen molar-refractivity contribution in [3.8, 4) is 0 Å². The van der Waals surface area contributed by atoms with Crippen LogP contribution in [-0.4, -0.2) is 25.0 Å². The number of nitrogens with zero attached hydrogens (tertiary/aromatic N) is 1. The normalized spacial score (nSPS) is 15.6. The van der Waals surface area contributed by atoms with Crippen LogP contribution in [-0.2, 0) is 11.3 Å². The van der Waals surface area contributed by atoms with Crippen molar-refractivity contribution in [2.24, 2.45) is 10.9 Å². The van der Waals surface area contributed by atoms with Crippen LogP contribution in [0, 0.1) is 5.92 Å². The molecule has 1 unspecified atom stereocenters. The van der Waals surface area contributed by atoms with Crippen LogP contribution in [0.3, 0.4) is 0 Å². The molecule has 1 aliphatic heterocycles. The highest BCUT2D eigenvalue weighted by atomic mass is 16.1. The van der Waals surface area contributed by atoms with Crippen LogP contribution in [0.1, 0.15) is 32.3 Å². The van der Waals surface area contributed by atoms with E-state index in [0.717, 1.165) is 43.1 Å². The SMILES string of the molecule is CCC(C)C(=O)Nc1cccc(CNC2=NCCCN2)c1. The summed E-state index contributed by atoms with van der Waals surface area (Å²) in [5.74, 6) is 0.962. The average molecular weight is 288 g/mol. The molecule has 1 aromatic carbocycles. The van der Waals surface area contributed by atoms with Crippen molar-refractivity contribution in [3.63, 3.8) is 0 Å². The molecule has 0 aliphatic carbocycles. The van der Waals surface area contributed by atoms with Gasteiger partial charge in [-0.05, 0) is 30.5 Å². The number of hydrogen-bond donors (Lipinski definition) is 3. The lowest BCUT2D eigenvalue weighted by Gasteiger charge is -2.16. The molecular weight excluding hydrogens is 264 g/mol. The number of hydrogen-bond acceptors (Lipinski definition) is 4. The molecule has 5 heteroatoms. The Morgan fingerprint density at radius 2 is 2.33 bits per heavy atom. The molecular formula is C16H24N4O. The first-order valence-corrected chi connectivity index (χ1v) is 7.61. The van der Waals surface area contributed by atoms with Crippen molar-refractivity contribution in [1.29, 1.82) is 0 Å². The summed E-state index contributed by atoms with van der Waals surface area (Å²) >= 11 is 0. The van der Waals surface area contributed by atoms with Gasteiger partial charge >= 0.3 is 0 Å². The summed E-state index contributed by atoms with van der Waals surface area (Å²) in [5.41, 5.74) is 1.96. The van der Waals surface area contributed by atoms with Gasteiger partial charge in [-0.3, -0.25) is 9.79 Å². The van der Waals surface area contributed by atoms with Crippen molar-refractivity contribution in [3.05, 3.63) is 29.8 Å². The van der Waals surface area contributed by atoms with Crippen LogP contribution < -0.4 is 16.0 Å². The first-order valence-electron chi connectivity index (χ1n) is 7.61. The quantitative estimate of drug-likeness (QED) is 0.777. The lowest BCUT2D eigenvalue weighted by Crippen LogP contribution is -2.40. The number of anilines is 1. The molecule has 114 valence electrons. The lowest BCUT2D eigenvalue weighted by molar-refractivity contribution is -0.119. The number of benzene rings is 1. The van der Waals surface area contributed by atoms with Gasteiger partial charge in [-0.1, -0.05) is 26.0 Å². The van der Waals surface area contributed by atoms with E-state index in [1.165, 1.54) is 0 Å². The minimum absolute atomic E-state index is 0.0348. The van der Waals surface area contributed by atoms with Crippen LogP contribution >= 0.6 is 0 Å². The summed E-state index contributed by atoms with van der Waals surface area (Å²) in [4.78, 5) is 16.3. The van der Waals surface area contributed by atoms with E-state index >= 15 is 0 Å². The molecule has 0 saturated heterocycles. The van der Waals surface area contributed by atoms with E-state index in [0.29, 0.717) is 6.54 Å². The third kappa shape index (κ3) is 4.77. The first-order chi connectivity index (χ1) is 10.2. The number of nitrogens with one attached hydrogen (secondary N) is 3. The highest BCUT2D eigenvalue weighted by Crippen LogP contribution is 2.13. The molecule has 1 atom stereocenters. The molecule has 0 saturated carbocycles. The standard InChI is InChI=1S/C16H24N4O/c1-3-12(2)15(21)20-14-7-4-6-13(10-14)11-19-16-17-8-5-9-18-16/h4,6-7,10,12H,3,5,8-9,11H2,1-2H3,(H,20,21)(H2,17,18,19). The van der Waals surface area contributed by atoms with E-state index in [4.69, 9.17) is 0 Å². The van der Waals surface area contributed by atoms with Gasteiger partial charge in [-0.15, -0.1) is 0 Å². The smallest absolute Gasteiger partial charge is 0.227 e. The minimum atomic E-state index is 0.0348. The van der Waals surface area contributed by atoms with E-state index in [1.807, 2.05) is 38.1 Å². The van der Waals surface area contributed by atoms with Crippen LogP contribution in [0.4, 0.5) is 5.69 Å². The third-order valence-corrected chi connectivity index (χ3v) is 3.61. The maximum Gasteiger partial charge on any atom is 0.227 e. The Hall–Kier alpha value is -2.04. The molecule has 1 aromatic rings. The van der Waals surface area contributed by atoms with Gasteiger partial charge in [0, 0.05) is 31.2 Å². The largest absolute Gasteiger partial charge is 0.356 e. The second-order valence-electron chi connectivity index (χ2n) is 5.36. The maximum atomic E-state index is 11.9. The third-order valence-electron chi connectivity index (χ3n) is 3.61. The van der Waals surface area contributed by atoms with Crippen molar-refractivity contribution < 1.29 is 4.79 Å². The number of carbonyl (C=O) groups is 1. The summed E-state index contributed by atoms with van der Waals surface area (Å²) in [6.45, 7) is 6.49. The highest BCUT2D eigenvalue weighted by Gasteiger charge is 2.10. The Balaban J connectivity index is 1.91. The number of amides is 1. The van der Waals surface area contributed by atoms with Gasteiger partial charge in [0.2, 0.25) is 5.91 Å². The zero-order valence-corrected chi connectivity index (χ0v) is 12.8. The molecule has 1 heterocycles. The summed E-state index contributed by atoms with van der Waals surface area (Å²) in [6.07, 6.45) is 1.93. The van der Waals surface area contributed by atoms with E-state index < -0.39 is 0 Å². The molecule has 1 amide bonds.